The molecule has 0 unspecified atom stereocenters. The Labute approximate surface area is 136 Å². The number of benzene rings is 1. The Bertz CT molecular complexity index is 969. The predicted molar refractivity (Wildman–Crippen MR) is 91.7 cm³/mol. The molecule has 0 spiro atoms. The summed E-state index contributed by atoms with van der Waals surface area (Å²) in [6, 6.07) is 8.57. The molecule has 3 rings (SSSR count). The summed E-state index contributed by atoms with van der Waals surface area (Å²) >= 11 is 2.36. The molecule has 0 aliphatic heterocycles. The number of thiophene rings is 1. The monoisotopic (exact) mass is 354 g/mol. The van der Waals surface area contributed by atoms with Crippen molar-refractivity contribution in [2.45, 2.75) is 17.7 Å². The van der Waals surface area contributed by atoms with Crippen LogP contribution in [0.15, 0.2) is 44.7 Å². The Morgan fingerprint density at radius 3 is 2.68 bits per heavy atom. The maximum absolute atomic E-state index is 12.6. The Kier molecular flexibility index (Phi) is 3.84. The van der Waals surface area contributed by atoms with Crippen LogP contribution in [0.5, 0.6) is 0 Å². The first-order chi connectivity index (χ1) is 10.4. The fraction of sp³-hybridized carbons (Fsp3) is 0.214. The lowest BCUT2D eigenvalue weighted by Gasteiger charge is -2.18. The van der Waals surface area contributed by atoms with Crippen LogP contribution in [0.3, 0.4) is 0 Å². The molecule has 2 aromatic heterocycles. The van der Waals surface area contributed by atoms with Gasteiger partial charge in [0.05, 0.1) is 15.9 Å². The zero-order valence-electron chi connectivity index (χ0n) is 12.0. The fourth-order valence-electron chi connectivity index (χ4n) is 2.23. The van der Waals surface area contributed by atoms with E-state index in [2.05, 4.69) is 0 Å². The maximum Gasteiger partial charge on any atom is 0.308 e. The molecule has 0 radical (unpaired) electrons. The molecule has 116 valence electrons. The van der Waals surface area contributed by atoms with E-state index in [1.54, 1.807) is 40.3 Å². The summed E-state index contributed by atoms with van der Waals surface area (Å²) in [5.74, 6) is 0. The van der Waals surface area contributed by atoms with Gasteiger partial charge in [0.15, 0.2) is 0 Å². The second kappa shape index (κ2) is 5.53. The molecule has 0 bridgehead atoms. The number of anilines is 1. The average molecular weight is 354 g/mol. The molecule has 8 heteroatoms. The van der Waals surface area contributed by atoms with E-state index < -0.39 is 10.0 Å². The largest absolute Gasteiger partial charge is 0.308 e. The average Bonchev–Trinajstić information content (AvgIpc) is 3.12. The van der Waals surface area contributed by atoms with Crippen LogP contribution in [-0.4, -0.2) is 20.0 Å². The number of hydrogen-bond donors (Lipinski definition) is 0. The Morgan fingerprint density at radius 2 is 2.05 bits per heavy atom. The van der Waals surface area contributed by atoms with Gasteiger partial charge in [0.25, 0.3) is 10.0 Å². The van der Waals surface area contributed by atoms with E-state index in [9.17, 15) is 13.2 Å². The third-order valence-corrected chi connectivity index (χ3v) is 7.56. The van der Waals surface area contributed by atoms with E-state index in [-0.39, 0.29) is 4.87 Å². The van der Waals surface area contributed by atoms with Crippen molar-refractivity contribution in [3.05, 3.63) is 45.4 Å². The van der Waals surface area contributed by atoms with Gasteiger partial charge in [0.2, 0.25) is 0 Å². The summed E-state index contributed by atoms with van der Waals surface area (Å²) in [6.45, 7) is 2.45. The molecule has 0 fully saturated rings. The van der Waals surface area contributed by atoms with Crippen LogP contribution < -0.4 is 9.18 Å². The molecule has 0 saturated heterocycles. The number of nitrogens with zero attached hydrogens (tertiary/aromatic N) is 2. The van der Waals surface area contributed by atoms with E-state index in [1.165, 1.54) is 34.0 Å². The molecule has 5 nitrogen and oxygen atoms in total. The number of hydrogen-bond acceptors (Lipinski definition) is 5. The van der Waals surface area contributed by atoms with Crippen molar-refractivity contribution in [2.75, 3.05) is 11.4 Å². The Morgan fingerprint density at radius 1 is 1.27 bits per heavy atom. The van der Waals surface area contributed by atoms with Crippen molar-refractivity contribution in [3.8, 4) is 0 Å². The third-order valence-electron chi connectivity index (χ3n) is 3.44. The van der Waals surface area contributed by atoms with Crippen molar-refractivity contribution < 1.29 is 8.42 Å². The van der Waals surface area contributed by atoms with Crippen molar-refractivity contribution in [3.63, 3.8) is 0 Å². The zero-order valence-corrected chi connectivity index (χ0v) is 14.5. The predicted octanol–water partition coefficient (Wildman–Crippen LogP) is 2.97. The minimum atomic E-state index is -3.56. The quantitative estimate of drug-likeness (QED) is 0.724. The highest BCUT2D eigenvalue weighted by atomic mass is 32.2. The maximum atomic E-state index is 12.6. The number of sulfonamides is 1. The first-order valence-electron chi connectivity index (χ1n) is 6.61. The first kappa shape index (κ1) is 15.3. The molecule has 0 N–H and O–H groups in total. The van der Waals surface area contributed by atoms with Crippen LogP contribution >= 0.6 is 22.7 Å². The van der Waals surface area contributed by atoms with Gasteiger partial charge in [-0.05, 0) is 36.6 Å². The lowest BCUT2D eigenvalue weighted by molar-refractivity contribution is 0.596. The second-order valence-corrected chi connectivity index (χ2v) is 8.81. The molecule has 3 aromatic rings. The van der Waals surface area contributed by atoms with E-state index in [0.29, 0.717) is 16.4 Å². The van der Waals surface area contributed by atoms with E-state index in [0.717, 1.165) is 10.2 Å². The molecule has 0 amide bonds. The highest BCUT2D eigenvalue weighted by Gasteiger charge is 2.22. The van der Waals surface area contributed by atoms with Gasteiger partial charge in [-0.25, -0.2) is 8.42 Å². The summed E-state index contributed by atoms with van der Waals surface area (Å²) in [6.07, 6.45) is 0. The Balaban J connectivity index is 2.12. The standard InChI is InChI=1S/C14H14N2O3S3/c1-3-16-11-9-10(6-7-12(11)21-14(16)17)15(2)22(18,19)13-5-4-8-20-13/h4-9H,3H2,1-2H3. The van der Waals surface area contributed by atoms with Crippen molar-refractivity contribution >= 4 is 48.6 Å². The van der Waals surface area contributed by atoms with Crippen molar-refractivity contribution in [1.82, 2.24) is 4.57 Å². The van der Waals surface area contributed by atoms with Crippen LogP contribution in [0.1, 0.15) is 6.92 Å². The summed E-state index contributed by atoms with van der Waals surface area (Å²) in [5, 5.41) is 1.73. The third kappa shape index (κ3) is 2.37. The lowest BCUT2D eigenvalue weighted by atomic mass is 10.3. The van der Waals surface area contributed by atoms with Crippen LogP contribution in [0.25, 0.3) is 10.2 Å². The van der Waals surface area contributed by atoms with E-state index in [1.807, 2.05) is 6.92 Å². The topological polar surface area (TPSA) is 59.4 Å². The minimum Gasteiger partial charge on any atom is -0.299 e. The summed E-state index contributed by atoms with van der Waals surface area (Å²) in [5.41, 5.74) is 1.31. The molecule has 2 heterocycles. The van der Waals surface area contributed by atoms with Crippen LogP contribution in [0.4, 0.5) is 5.69 Å². The smallest absolute Gasteiger partial charge is 0.299 e. The molecule has 0 saturated carbocycles. The summed E-state index contributed by atoms with van der Waals surface area (Å²) in [7, 11) is -2.04. The molecule has 22 heavy (non-hydrogen) atoms. The normalized spacial score (nSPS) is 11.9. The number of aromatic nitrogens is 1. The van der Waals surface area contributed by atoms with Gasteiger partial charge in [-0.2, -0.15) is 0 Å². The van der Waals surface area contributed by atoms with E-state index >= 15 is 0 Å². The molecular formula is C14H14N2O3S3. The number of aryl methyl sites for hydroxylation is 1. The summed E-state index contributed by atoms with van der Waals surface area (Å²) in [4.78, 5) is 11.9. The summed E-state index contributed by atoms with van der Waals surface area (Å²) < 4.78 is 29.2. The van der Waals surface area contributed by atoms with Crippen LogP contribution in [-0.2, 0) is 16.6 Å². The van der Waals surface area contributed by atoms with E-state index in [4.69, 9.17) is 0 Å². The highest BCUT2D eigenvalue weighted by Crippen LogP contribution is 2.28. The van der Waals surface area contributed by atoms with Gasteiger partial charge < -0.3 is 0 Å². The van der Waals surface area contributed by atoms with Gasteiger partial charge in [-0.1, -0.05) is 17.4 Å². The van der Waals surface area contributed by atoms with Gasteiger partial charge in [-0.15, -0.1) is 11.3 Å². The highest BCUT2D eigenvalue weighted by molar-refractivity contribution is 7.94. The van der Waals surface area contributed by atoms with Gasteiger partial charge in [0.1, 0.15) is 4.21 Å². The van der Waals surface area contributed by atoms with Gasteiger partial charge >= 0.3 is 4.87 Å². The van der Waals surface area contributed by atoms with Crippen molar-refractivity contribution in [1.29, 1.82) is 0 Å². The molecule has 1 aromatic carbocycles. The number of thiazole rings is 1. The number of rotatable bonds is 4. The van der Waals surface area contributed by atoms with Gasteiger partial charge in [0, 0.05) is 13.6 Å². The van der Waals surface area contributed by atoms with Crippen LogP contribution in [0.2, 0.25) is 0 Å². The SMILES string of the molecule is CCn1c(=O)sc2ccc(N(C)S(=O)(=O)c3cccs3)cc21. The van der Waals surface area contributed by atoms with Crippen molar-refractivity contribution in [2.24, 2.45) is 0 Å². The molecule has 0 aliphatic carbocycles. The zero-order chi connectivity index (χ0) is 15.9. The molecule has 0 atom stereocenters. The fourth-order valence-corrected chi connectivity index (χ4v) is 5.51. The lowest BCUT2D eigenvalue weighted by Crippen LogP contribution is -2.25. The van der Waals surface area contributed by atoms with Crippen LogP contribution in [0, 0.1) is 0 Å². The molecule has 0 aliphatic rings. The van der Waals surface area contributed by atoms with Gasteiger partial charge in [-0.3, -0.25) is 13.7 Å². The second-order valence-electron chi connectivity index (χ2n) is 4.67. The Hall–Kier alpha value is -1.64. The molecular weight excluding hydrogens is 340 g/mol. The minimum absolute atomic E-state index is 0.0292. The first-order valence-corrected chi connectivity index (χ1v) is 9.74. The number of fused-ring (bicyclic) bond motifs is 1.